The van der Waals surface area contributed by atoms with E-state index in [4.69, 9.17) is 6.57 Å². The summed E-state index contributed by atoms with van der Waals surface area (Å²) in [4.78, 5) is 3.54. The van der Waals surface area contributed by atoms with E-state index in [-0.39, 0.29) is 0 Å². The SMILES string of the molecule is [C-]#[N+]c1ccc2c(c1)c1cc(C)ccc1n2C(C)C. The van der Waals surface area contributed by atoms with Crippen molar-refractivity contribution in [2.24, 2.45) is 0 Å². The van der Waals surface area contributed by atoms with Gasteiger partial charge in [-0.1, -0.05) is 17.7 Å². The number of benzene rings is 2. The normalized spacial score (nSPS) is 11.3. The van der Waals surface area contributed by atoms with E-state index in [1.807, 2.05) is 12.1 Å². The van der Waals surface area contributed by atoms with Crippen molar-refractivity contribution in [2.75, 3.05) is 0 Å². The van der Waals surface area contributed by atoms with Crippen molar-refractivity contribution in [2.45, 2.75) is 26.8 Å². The minimum Gasteiger partial charge on any atom is -0.338 e. The average molecular weight is 248 g/mol. The zero-order chi connectivity index (χ0) is 13.6. The number of rotatable bonds is 1. The summed E-state index contributed by atoms with van der Waals surface area (Å²) in [5.41, 5.74) is 4.42. The van der Waals surface area contributed by atoms with E-state index >= 15 is 0 Å². The Balaban J connectivity index is 2.54. The van der Waals surface area contributed by atoms with E-state index in [1.54, 1.807) is 0 Å². The highest BCUT2D eigenvalue weighted by Crippen LogP contribution is 2.34. The van der Waals surface area contributed by atoms with Gasteiger partial charge in [0.25, 0.3) is 0 Å². The molecule has 2 nitrogen and oxygen atoms in total. The van der Waals surface area contributed by atoms with Crippen LogP contribution in [0.25, 0.3) is 26.7 Å². The predicted octanol–water partition coefficient (Wildman–Crippen LogP) is 5.23. The van der Waals surface area contributed by atoms with Crippen LogP contribution in [0.3, 0.4) is 0 Å². The molecule has 2 heteroatoms. The quantitative estimate of drug-likeness (QED) is 0.521. The van der Waals surface area contributed by atoms with Crippen LogP contribution in [0.1, 0.15) is 25.5 Å². The molecule has 0 N–H and O–H groups in total. The molecule has 0 bridgehead atoms. The van der Waals surface area contributed by atoms with Crippen molar-refractivity contribution >= 4 is 27.5 Å². The monoisotopic (exact) mass is 248 g/mol. The number of nitrogens with zero attached hydrogens (tertiary/aromatic N) is 2. The standard InChI is InChI=1S/C17H16N2/c1-11(2)19-16-7-5-12(3)9-14(16)15-10-13(18-4)6-8-17(15)19/h5-11H,1-3H3. The van der Waals surface area contributed by atoms with Crippen molar-refractivity contribution in [3.05, 3.63) is 53.4 Å². The smallest absolute Gasteiger partial charge is 0.188 e. The molecule has 0 saturated carbocycles. The summed E-state index contributed by atoms with van der Waals surface area (Å²) in [5, 5.41) is 2.43. The highest BCUT2D eigenvalue weighted by molar-refractivity contribution is 6.09. The van der Waals surface area contributed by atoms with E-state index in [1.165, 1.54) is 27.4 Å². The van der Waals surface area contributed by atoms with Gasteiger partial charge in [-0.3, -0.25) is 0 Å². The largest absolute Gasteiger partial charge is 0.338 e. The maximum absolute atomic E-state index is 7.18. The van der Waals surface area contributed by atoms with Gasteiger partial charge in [0.15, 0.2) is 5.69 Å². The van der Waals surface area contributed by atoms with Gasteiger partial charge in [0.1, 0.15) is 0 Å². The lowest BCUT2D eigenvalue weighted by Gasteiger charge is -2.11. The van der Waals surface area contributed by atoms with Crippen LogP contribution < -0.4 is 0 Å². The van der Waals surface area contributed by atoms with Crippen LogP contribution >= 0.6 is 0 Å². The van der Waals surface area contributed by atoms with Crippen molar-refractivity contribution < 1.29 is 0 Å². The van der Waals surface area contributed by atoms with Gasteiger partial charge in [-0.2, -0.15) is 0 Å². The molecule has 0 fully saturated rings. The topological polar surface area (TPSA) is 9.29 Å². The molecule has 0 spiro atoms. The molecule has 0 atom stereocenters. The molecule has 0 aliphatic rings. The molecule has 3 aromatic rings. The molecule has 94 valence electrons. The fourth-order valence-electron chi connectivity index (χ4n) is 2.78. The number of hydrogen-bond donors (Lipinski definition) is 0. The van der Waals surface area contributed by atoms with Gasteiger partial charge < -0.3 is 4.57 Å². The third kappa shape index (κ3) is 1.70. The van der Waals surface area contributed by atoms with Gasteiger partial charge in [-0.05, 0) is 50.4 Å². The van der Waals surface area contributed by atoms with E-state index in [9.17, 15) is 0 Å². The summed E-state index contributed by atoms with van der Waals surface area (Å²) >= 11 is 0. The Morgan fingerprint density at radius 1 is 1.00 bits per heavy atom. The molecule has 0 saturated heterocycles. The Kier molecular flexibility index (Phi) is 2.57. The second kappa shape index (κ2) is 4.13. The fraction of sp³-hybridized carbons (Fsp3) is 0.235. The second-order valence-electron chi connectivity index (χ2n) is 5.30. The van der Waals surface area contributed by atoms with Gasteiger partial charge in [-0.15, -0.1) is 0 Å². The Morgan fingerprint density at radius 3 is 2.26 bits per heavy atom. The molecular weight excluding hydrogens is 232 g/mol. The van der Waals surface area contributed by atoms with Crippen LogP contribution in [-0.2, 0) is 0 Å². The number of aryl methyl sites for hydroxylation is 1. The van der Waals surface area contributed by atoms with E-state index in [0.29, 0.717) is 11.7 Å². The van der Waals surface area contributed by atoms with Crippen LogP contribution in [-0.4, -0.2) is 4.57 Å². The summed E-state index contributed by atoms with van der Waals surface area (Å²) in [5.74, 6) is 0. The second-order valence-corrected chi connectivity index (χ2v) is 5.30. The van der Waals surface area contributed by atoms with Crippen molar-refractivity contribution in [3.8, 4) is 0 Å². The number of fused-ring (bicyclic) bond motifs is 3. The molecule has 0 aliphatic carbocycles. The first-order valence-corrected chi connectivity index (χ1v) is 6.53. The maximum atomic E-state index is 7.18. The minimum atomic E-state index is 0.404. The highest BCUT2D eigenvalue weighted by Gasteiger charge is 2.13. The molecule has 0 radical (unpaired) electrons. The fourth-order valence-corrected chi connectivity index (χ4v) is 2.78. The van der Waals surface area contributed by atoms with E-state index in [0.717, 1.165) is 0 Å². The van der Waals surface area contributed by atoms with Crippen molar-refractivity contribution in [1.82, 2.24) is 4.57 Å². The first-order chi connectivity index (χ1) is 9.11. The number of aromatic nitrogens is 1. The summed E-state index contributed by atoms with van der Waals surface area (Å²) in [7, 11) is 0. The number of hydrogen-bond acceptors (Lipinski definition) is 0. The lowest BCUT2D eigenvalue weighted by Crippen LogP contribution is -1.99. The van der Waals surface area contributed by atoms with Gasteiger partial charge >= 0.3 is 0 Å². The van der Waals surface area contributed by atoms with Crippen LogP contribution in [0.2, 0.25) is 0 Å². The first-order valence-electron chi connectivity index (χ1n) is 6.53. The molecule has 2 aromatic carbocycles. The predicted molar refractivity (Wildman–Crippen MR) is 80.8 cm³/mol. The Labute approximate surface area is 113 Å². The van der Waals surface area contributed by atoms with Crippen LogP contribution in [0.5, 0.6) is 0 Å². The van der Waals surface area contributed by atoms with Crippen molar-refractivity contribution in [1.29, 1.82) is 0 Å². The Morgan fingerprint density at radius 2 is 1.63 bits per heavy atom. The molecular formula is C17H16N2. The lowest BCUT2D eigenvalue weighted by molar-refractivity contribution is 0.642. The van der Waals surface area contributed by atoms with Gasteiger partial charge in [-0.25, -0.2) is 4.85 Å². The first kappa shape index (κ1) is 11.8. The molecule has 19 heavy (non-hydrogen) atoms. The van der Waals surface area contributed by atoms with Gasteiger partial charge in [0.2, 0.25) is 0 Å². The van der Waals surface area contributed by atoms with Gasteiger partial charge in [0.05, 0.1) is 6.57 Å². The Hall–Kier alpha value is -2.27. The summed E-state index contributed by atoms with van der Waals surface area (Å²) in [6, 6.07) is 12.9. The third-order valence-electron chi connectivity index (χ3n) is 3.59. The van der Waals surface area contributed by atoms with Gasteiger partial charge in [0, 0.05) is 22.5 Å². The summed E-state index contributed by atoms with van der Waals surface area (Å²) in [6.07, 6.45) is 0. The molecule has 1 aromatic heterocycles. The molecule has 1 heterocycles. The van der Waals surface area contributed by atoms with Crippen LogP contribution in [0.15, 0.2) is 36.4 Å². The molecule has 0 unspecified atom stereocenters. The summed E-state index contributed by atoms with van der Waals surface area (Å²) < 4.78 is 2.35. The molecule has 0 aliphatic heterocycles. The Bertz CT molecular complexity index is 816. The van der Waals surface area contributed by atoms with Crippen molar-refractivity contribution in [3.63, 3.8) is 0 Å². The highest BCUT2D eigenvalue weighted by atomic mass is 15.0. The third-order valence-corrected chi connectivity index (χ3v) is 3.59. The summed E-state index contributed by atoms with van der Waals surface area (Å²) in [6.45, 7) is 13.7. The molecule has 3 rings (SSSR count). The zero-order valence-electron chi connectivity index (χ0n) is 11.4. The minimum absolute atomic E-state index is 0.404. The maximum Gasteiger partial charge on any atom is 0.188 e. The van der Waals surface area contributed by atoms with E-state index in [2.05, 4.69) is 54.4 Å². The zero-order valence-corrected chi connectivity index (χ0v) is 11.4. The van der Waals surface area contributed by atoms with Crippen LogP contribution in [0.4, 0.5) is 5.69 Å². The van der Waals surface area contributed by atoms with E-state index < -0.39 is 0 Å². The lowest BCUT2D eigenvalue weighted by atomic mass is 10.1. The van der Waals surface area contributed by atoms with Crippen LogP contribution in [0, 0.1) is 13.5 Å². The molecule has 0 amide bonds. The average Bonchev–Trinajstić information content (AvgIpc) is 2.71.